The average molecular weight is 273 g/mol. The predicted octanol–water partition coefficient (Wildman–Crippen LogP) is 1.66. The monoisotopic (exact) mass is 273 g/mol. The van der Waals surface area contributed by atoms with Gasteiger partial charge in [0.25, 0.3) is 5.91 Å². The number of carboxylic acid groups (broad SMARTS) is 1. The van der Waals surface area contributed by atoms with Crippen LogP contribution in [0.1, 0.15) is 34.1 Å². The van der Waals surface area contributed by atoms with E-state index >= 15 is 0 Å². The molecule has 0 fully saturated rings. The topological polar surface area (TPSA) is 95.1 Å². The van der Waals surface area contributed by atoms with Crippen LogP contribution in [0, 0.1) is 6.92 Å². The van der Waals surface area contributed by atoms with Gasteiger partial charge in [-0.25, -0.2) is 0 Å². The van der Waals surface area contributed by atoms with E-state index in [-0.39, 0.29) is 12.3 Å². The molecule has 0 aliphatic rings. The third-order valence-corrected chi connectivity index (χ3v) is 2.96. The van der Waals surface area contributed by atoms with Gasteiger partial charge in [-0.05, 0) is 12.5 Å². The number of aliphatic carboxylic acids is 1. The summed E-state index contributed by atoms with van der Waals surface area (Å²) in [5, 5.41) is 18.2. The largest absolute Gasteiger partial charge is 0.481 e. The Morgan fingerprint density at radius 3 is 2.60 bits per heavy atom. The van der Waals surface area contributed by atoms with Crippen LogP contribution in [-0.4, -0.2) is 27.2 Å². The van der Waals surface area contributed by atoms with Gasteiger partial charge in [0.15, 0.2) is 0 Å². The number of nitrogens with one attached hydrogen (secondary N) is 2. The SMILES string of the molecule is Cc1[nH]ncc1C(=O)NC(CC(=O)O)c1ccccc1. The number of carboxylic acids is 1. The predicted molar refractivity (Wildman–Crippen MR) is 72.2 cm³/mol. The van der Waals surface area contributed by atoms with Crippen LogP contribution in [0.5, 0.6) is 0 Å². The summed E-state index contributed by atoms with van der Waals surface area (Å²) in [5.41, 5.74) is 1.81. The van der Waals surface area contributed by atoms with Gasteiger partial charge in [-0.2, -0.15) is 5.10 Å². The number of nitrogens with zero attached hydrogens (tertiary/aromatic N) is 1. The molecule has 1 aromatic carbocycles. The van der Waals surface area contributed by atoms with Crippen molar-refractivity contribution in [1.29, 1.82) is 0 Å². The van der Waals surface area contributed by atoms with Gasteiger partial charge in [0, 0.05) is 5.69 Å². The van der Waals surface area contributed by atoms with Gasteiger partial charge < -0.3 is 10.4 Å². The van der Waals surface area contributed by atoms with Crippen LogP contribution in [0.3, 0.4) is 0 Å². The lowest BCUT2D eigenvalue weighted by atomic mass is 10.0. The number of rotatable bonds is 5. The number of hydrogen-bond donors (Lipinski definition) is 3. The molecule has 2 rings (SSSR count). The molecule has 6 nitrogen and oxygen atoms in total. The molecule has 0 radical (unpaired) electrons. The van der Waals surface area contributed by atoms with Crippen LogP contribution in [0.15, 0.2) is 36.5 Å². The van der Waals surface area contributed by atoms with Gasteiger partial charge in [0.2, 0.25) is 0 Å². The summed E-state index contributed by atoms with van der Waals surface area (Å²) in [6.07, 6.45) is 1.25. The van der Waals surface area contributed by atoms with Crippen molar-refractivity contribution in [3.63, 3.8) is 0 Å². The second kappa shape index (κ2) is 6.01. The van der Waals surface area contributed by atoms with E-state index in [0.29, 0.717) is 11.3 Å². The molecular weight excluding hydrogens is 258 g/mol. The minimum absolute atomic E-state index is 0.174. The number of aryl methyl sites for hydroxylation is 1. The zero-order valence-corrected chi connectivity index (χ0v) is 11.0. The molecule has 1 aromatic heterocycles. The number of amides is 1. The zero-order valence-electron chi connectivity index (χ0n) is 11.0. The standard InChI is InChI=1S/C14H15N3O3/c1-9-11(8-15-17-9)14(20)16-12(7-13(18)19)10-5-3-2-4-6-10/h2-6,8,12H,7H2,1H3,(H,15,17)(H,16,20)(H,18,19). The smallest absolute Gasteiger partial charge is 0.305 e. The van der Waals surface area contributed by atoms with Crippen LogP contribution in [-0.2, 0) is 4.79 Å². The van der Waals surface area contributed by atoms with Crippen molar-refractivity contribution in [3.8, 4) is 0 Å². The maximum Gasteiger partial charge on any atom is 0.305 e. The summed E-state index contributed by atoms with van der Waals surface area (Å²) < 4.78 is 0. The first-order valence-electron chi connectivity index (χ1n) is 6.15. The molecule has 0 spiro atoms. The zero-order chi connectivity index (χ0) is 14.5. The van der Waals surface area contributed by atoms with E-state index in [2.05, 4.69) is 15.5 Å². The molecule has 104 valence electrons. The number of carbonyl (C=O) groups is 2. The Labute approximate surface area is 115 Å². The third-order valence-electron chi connectivity index (χ3n) is 2.96. The van der Waals surface area contributed by atoms with Crippen LogP contribution in [0.25, 0.3) is 0 Å². The van der Waals surface area contributed by atoms with Crippen molar-refractivity contribution >= 4 is 11.9 Å². The first-order chi connectivity index (χ1) is 9.58. The van der Waals surface area contributed by atoms with Crippen molar-refractivity contribution < 1.29 is 14.7 Å². The highest BCUT2D eigenvalue weighted by Crippen LogP contribution is 2.17. The molecule has 0 saturated carbocycles. The van der Waals surface area contributed by atoms with E-state index in [9.17, 15) is 9.59 Å². The quantitative estimate of drug-likeness (QED) is 0.772. The lowest BCUT2D eigenvalue weighted by molar-refractivity contribution is -0.137. The van der Waals surface area contributed by atoms with E-state index in [4.69, 9.17) is 5.11 Å². The van der Waals surface area contributed by atoms with Crippen molar-refractivity contribution in [2.75, 3.05) is 0 Å². The molecule has 3 N–H and O–H groups in total. The van der Waals surface area contributed by atoms with Gasteiger partial charge in [-0.15, -0.1) is 0 Å². The second-order valence-corrected chi connectivity index (χ2v) is 4.44. The third kappa shape index (κ3) is 3.23. The lowest BCUT2D eigenvalue weighted by Crippen LogP contribution is -2.30. The van der Waals surface area contributed by atoms with Crippen LogP contribution >= 0.6 is 0 Å². The molecule has 0 aliphatic heterocycles. The summed E-state index contributed by atoms with van der Waals surface area (Å²) in [7, 11) is 0. The molecule has 6 heteroatoms. The maximum atomic E-state index is 12.1. The molecule has 0 bridgehead atoms. The normalized spacial score (nSPS) is 11.8. The molecule has 20 heavy (non-hydrogen) atoms. The highest BCUT2D eigenvalue weighted by molar-refractivity contribution is 5.95. The summed E-state index contributed by atoms with van der Waals surface area (Å²) >= 11 is 0. The fourth-order valence-electron chi connectivity index (χ4n) is 1.93. The minimum Gasteiger partial charge on any atom is -0.481 e. The molecule has 1 amide bonds. The average Bonchev–Trinajstić information content (AvgIpc) is 2.85. The molecule has 1 heterocycles. The number of aromatic amines is 1. The van der Waals surface area contributed by atoms with Gasteiger partial charge >= 0.3 is 5.97 Å². The Hall–Kier alpha value is -2.63. The van der Waals surface area contributed by atoms with Gasteiger partial charge in [0.1, 0.15) is 0 Å². The minimum atomic E-state index is -0.969. The highest BCUT2D eigenvalue weighted by atomic mass is 16.4. The van der Waals surface area contributed by atoms with Crippen molar-refractivity contribution in [1.82, 2.24) is 15.5 Å². The number of hydrogen-bond acceptors (Lipinski definition) is 3. The van der Waals surface area contributed by atoms with Gasteiger partial charge in [-0.1, -0.05) is 30.3 Å². The second-order valence-electron chi connectivity index (χ2n) is 4.44. The van der Waals surface area contributed by atoms with E-state index in [1.807, 2.05) is 6.07 Å². The van der Waals surface area contributed by atoms with Crippen molar-refractivity contribution in [3.05, 3.63) is 53.3 Å². The number of H-pyrrole nitrogens is 1. The van der Waals surface area contributed by atoms with E-state index in [0.717, 1.165) is 5.56 Å². The van der Waals surface area contributed by atoms with E-state index < -0.39 is 12.0 Å². The van der Waals surface area contributed by atoms with Crippen molar-refractivity contribution in [2.45, 2.75) is 19.4 Å². The summed E-state index contributed by atoms with van der Waals surface area (Å²) in [4.78, 5) is 23.1. The van der Waals surface area contributed by atoms with Gasteiger partial charge in [-0.3, -0.25) is 14.7 Å². The Bertz CT molecular complexity index is 607. The fraction of sp³-hybridized carbons (Fsp3) is 0.214. The lowest BCUT2D eigenvalue weighted by Gasteiger charge is -2.17. The number of aromatic nitrogens is 2. The number of benzene rings is 1. The summed E-state index contributed by atoms with van der Waals surface area (Å²) in [6, 6.07) is 8.45. The molecule has 2 aromatic rings. The first-order valence-corrected chi connectivity index (χ1v) is 6.15. The van der Waals surface area contributed by atoms with Crippen LogP contribution in [0.4, 0.5) is 0 Å². The van der Waals surface area contributed by atoms with Crippen LogP contribution < -0.4 is 5.32 Å². The molecule has 1 unspecified atom stereocenters. The fourth-order valence-corrected chi connectivity index (χ4v) is 1.93. The van der Waals surface area contributed by atoms with Crippen LogP contribution in [0.2, 0.25) is 0 Å². The molecule has 0 saturated heterocycles. The Morgan fingerprint density at radius 1 is 1.35 bits per heavy atom. The first kappa shape index (κ1) is 13.8. The van der Waals surface area contributed by atoms with E-state index in [1.54, 1.807) is 31.2 Å². The maximum absolute atomic E-state index is 12.1. The number of carbonyl (C=O) groups excluding carboxylic acids is 1. The van der Waals surface area contributed by atoms with E-state index in [1.165, 1.54) is 6.20 Å². The Morgan fingerprint density at radius 2 is 2.05 bits per heavy atom. The summed E-state index contributed by atoms with van der Waals surface area (Å²) in [6.45, 7) is 1.73. The highest BCUT2D eigenvalue weighted by Gasteiger charge is 2.20. The summed E-state index contributed by atoms with van der Waals surface area (Å²) in [5.74, 6) is -1.31. The van der Waals surface area contributed by atoms with Crippen molar-refractivity contribution in [2.24, 2.45) is 0 Å². The van der Waals surface area contributed by atoms with Gasteiger partial charge in [0.05, 0.1) is 24.2 Å². The Kier molecular flexibility index (Phi) is 4.14. The Balaban J connectivity index is 2.18. The molecule has 0 aliphatic carbocycles. The molecule has 1 atom stereocenters. The molecular formula is C14H15N3O3.